The third-order valence-electron chi connectivity index (χ3n) is 5.46. The molecule has 0 aromatic heterocycles. The average Bonchev–Trinajstić information content (AvgIpc) is 2.94. The van der Waals surface area contributed by atoms with Gasteiger partial charge in [-0.1, -0.05) is 30.3 Å². The predicted octanol–water partition coefficient (Wildman–Crippen LogP) is 3.13. The van der Waals surface area contributed by atoms with Gasteiger partial charge in [0.25, 0.3) is 5.91 Å². The van der Waals surface area contributed by atoms with Crippen LogP contribution >= 0.6 is 0 Å². The molecule has 130 valence electrons. The van der Waals surface area contributed by atoms with Crippen LogP contribution in [-0.2, 0) is 6.54 Å². The lowest BCUT2D eigenvalue weighted by Gasteiger charge is -2.36. The minimum absolute atomic E-state index is 0.0819. The quantitative estimate of drug-likeness (QED) is 0.936. The molecule has 1 N–H and O–H groups in total. The van der Waals surface area contributed by atoms with Gasteiger partial charge in [-0.25, -0.2) is 0 Å². The van der Waals surface area contributed by atoms with Crippen LogP contribution in [0.3, 0.4) is 0 Å². The van der Waals surface area contributed by atoms with Gasteiger partial charge < -0.3 is 10.0 Å². The molecule has 4 nitrogen and oxygen atoms in total. The van der Waals surface area contributed by atoms with E-state index in [4.69, 9.17) is 0 Å². The Morgan fingerprint density at radius 2 is 1.72 bits per heavy atom. The van der Waals surface area contributed by atoms with Gasteiger partial charge in [0, 0.05) is 37.8 Å². The minimum atomic E-state index is 0.0819. The number of phenolic OH excluding ortho intramolecular Hbond substituents is 1. The monoisotopic (exact) mass is 336 g/mol. The van der Waals surface area contributed by atoms with Gasteiger partial charge >= 0.3 is 0 Å². The van der Waals surface area contributed by atoms with Crippen LogP contribution in [0.4, 0.5) is 0 Å². The Labute approximate surface area is 148 Å². The maximum atomic E-state index is 12.9. The highest BCUT2D eigenvalue weighted by Gasteiger charge is 2.36. The van der Waals surface area contributed by atoms with Gasteiger partial charge in [0.1, 0.15) is 5.75 Å². The number of piperidine rings is 1. The molecule has 0 radical (unpaired) electrons. The summed E-state index contributed by atoms with van der Waals surface area (Å²) in [7, 11) is 0. The number of nitrogens with zero attached hydrogens (tertiary/aromatic N) is 2. The fourth-order valence-corrected chi connectivity index (χ4v) is 4.14. The summed E-state index contributed by atoms with van der Waals surface area (Å²) in [6, 6.07) is 17.6. The van der Waals surface area contributed by atoms with Gasteiger partial charge in [-0.15, -0.1) is 0 Å². The van der Waals surface area contributed by atoms with Crippen molar-refractivity contribution in [2.45, 2.75) is 25.4 Å². The number of carbonyl (C=O) groups excluding carboxylic acids is 1. The van der Waals surface area contributed by atoms with Gasteiger partial charge in [-0.05, 0) is 48.6 Å². The molecule has 3 aliphatic heterocycles. The van der Waals surface area contributed by atoms with Gasteiger partial charge in [-0.2, -0.15) is 0 Å². The largest absolute Gasteiger partial charge is 0.508 e. The van der Waals surface area contributed by atoms with Crippen LogP contribution in [0.15, 0.2) is 54.6 Å². The number of aromatic hydroxyl groups is 1. The molecule has 0 aliphatic carbocycles. The molecule has 2 atom stereocenters. The first-order chi connectivity index (χ1) is 12.2. The molecule has 0 spiro atoms. The standard InChI is InChI=1S/C21H24N2O2/c24-20-10-7-18(8-11-20)21(25)23-14-17-6-9-19(15-23)22(13-17)12-16-4-2-1-3-5-16/h1-5,7-8,10-11,17,19,24H,6,9,12-15H2/t17-,19-/m0/s1. The normalized spacial score (nSPS) is 23.4. The zero-order valence-electron chi connectivity index (χ0n) is 14.3. The summed E-state index contributed by atoms with van der Waals surface area (Å²) in [5.74, 6) is 0.823. The Morgan fingerprint density at radius 3 is 2.48 bits per heavy atom. The van der Waals surface area contributed by atoms with Crippen molar-refractivity contribution in [2.24, 2.45) is 5.92 Å². The second-order valence-corrected chi connectivity index (χ2v) is 7.27. The maximum Gasteiger partial charge on any atom is 0.253 e. The highest BCUT2D eigenvalue weighted by atomic mass is 16.3. The van der Waals surface area contributed by atoms with Crippen molar-refractivity contribution in [2.75, 3.05) is 19.6 Å². The zero-order chi connectivity index (χ0) is 17.2. The Bertz CT molecular complexity index is 729. The van der Waals surface area contributed by atoms with Crippen LogP contribution in [0.5, 0.6) is 5.75 Å². The smallest absolute Gasteiger partial charge is 0.253 e. The highest BCUT2D eigenvalue weighted by Crippen LogP contribution is 2.30. The number of carbonyl (C=O) groups is 1. The van der Waals surface area contributed by atoms with Crippen molar-refractivity contribution >= 4 is 5.91 Å². The van der Waals surface area contributed by atoms with Gasteiger partial charge in [0.2, 0.25) is 0 Å². The Kier molecular flexibility index (Phi) is 4.45. The van der Waals surface area contributed by atoms with Crippen molar-refractivity contribution in [1.82, 2.24) is 9.80 Å². The van der Waals surface area contributed by atoms with Crippen LogP contribution in [0.25, 0.3) is 0 Å². The van der Waals surface area contributed by atoms with Crippen molar-refractivity contribution < 1.29 is 9.90 Å². The molecule has 2 aromatic rings. The van der Waals surface area contributed by atoms with Gasteiger partial charge in [-0.3, -0.25) is 9.69 Å². The second kappa shape index (κ2) is 6.89. The SMILES string of the molecule is O=C(c1ccc(O)cc1)N1C[C@H]2CC[C@@H](C1)N(Cc1ccccc1)C2. The average molecular weight is 336 g/mol. The lowest BCUT2D eigenvalue weighted by atomic mass is 9.94. The zero-order valence-corrected chi connectivity index (χ0v) is 14.3. The molecule has 25 heavy (non-hydrogen) atoms. The van der Waals surface area contributed by atoms with E-state index < -0.39 is 0 Å². The summed E-state index contributed by atoms with van der Waals surface area (Å²) in [6.45, 7) is 3.66. The maximum absolute atomic E-state index is 12.9. The van der Waals surface area contributed by atoms with Crippen LogP contribution in [0, 0.1) is 5.92 Å². The van der Waals surface area contributed by atoms with E-state index >= 15 is 0 Å². The number of amides is 1. The van der Waals surface area contributed by atoms with Crippen molar-refractivity contribution in [1.29, 1.82) is 0 Å². The number of benzene rings is 2. The van der Waals surface area contributed by atoms with E-state index in [1.54, 1.807) is 24.3 Å². The summed E-state index contributed by atoms with van der Waals surface area (Å²) in [4.78, 5) is 17.4. The first kappa shape index (κ1) is 16.2. The second-order valence-electron chi connectivity index (χ2n) is 7.27. The van der Waals surface area contributed by atoms with E-state index in [1.807, 2.05) is 4.90 Å². The molecule has 3 aliphatic rings. The molecule has 4 heteroatoms. The first-order valence-electron chi connectivity index (χ1n) is 9.05. The topological polar surface area (TPSA) is 43.8 Å². The van der Waals surface area contributed by atoms with Gasteiger partial charge in [0.15, 0.2) is 0 Å². The van der Waals surface area contributed by atoms with Gasteiger partial charge in [0.05, 0.1) is 0 Å². The van der Waals surface area contributed by atoms with E-state index in [1.165, 1.54) is 12.0 Å². The highest BCUT2D eigenvalue weighted by molar-refractivity contribution is 5.94. The van der Waals surface area contributed by atoms with Crippen LogP contribution in [-0.4, -0.2) is 46.5 Å². The third-order valence-corrected chi connectivity index (χ3v) is 5.46. The molecular weight excluding hydrogens is 312 g/mol. The van der Waals surface area contributed by atoms with Crippen molar-refractivity contribution in [3.8, 4) is 5.75 Å². The van der Waals surface area contributed by atoms with E-state index in [2.05, 4.69) is 35.2 Å². The molecule has 1 amide bonds. The van der Waals surface area contributed by atoms with E-state index in [0.717, 1.165) is 32.6 Å². The Balaban J connectivity index is 1.49. The summed E-state index contributed by atoms with van der Waals surface area (Å²) in [5, 5.41) is 9.43. The molecule has 3 heterocycles. The van der Waals surface area contributed by atoms with Crippen LogP contribution in [0.2, 0.25) is 0 Å². The van der Waals surface area contributed by atoms with Crippen molar-refractivity contribution in [3.63, 3.8) is 0 Å². The van der Waals surface area contributed by atoms with E-state index in [-0.39, 0.29) is 11.7 Å². The number of hydrogen-bond acceptors (Lipinski definition) is 3. The predicted molar refractivity (Wildman–Crippen MR) is 97.4 cm³/mol. The molecule has 5 rings (SSSR count). The lowest BCUT2D eigenvalue weighted by Crippen LogP contribution is -2.43. The number of phenols is 1. The molecular formula is C21H24N2O2. The molecule has 2 bridgehead atoms. The molecule has 0 unspecified atom stereocenters. The van der Waals surface area contributed by atoms with E-state index in [0.29, 0.717) is 17.5 Å². The molecule has 3 fully saturated rings. The number of rotatable bonds is 3. The Hall–Kier alpha value is -2.33. The van der Waals surface area contributed by atoms with E-state index in [9.17, 15) is 9.90 Å². The molecule has 2 aromatic carbocycles. The Morgan fingerprint density at radius 1 is 0.960 bits per heavy atom. The number of fused-ring (bicyclic) bond motifs is 4. The van der Waals surface area contributed by atoms with Crippen molar-refractivity contribution in [3.05, 3.63) is 65.7 Å². The molecule has 3 saturated heterocycles. The number of hydrogen-bond donors (Lipinski definition) is 1. The molecule has 0 saturated carbocycles. The van der Waals surface area contributed by atoms with Crippen LogP contribution < -0.4 is 0 Å². The first-order valence-corrected chi connectivity index (χ1v) is 9.05. The fourth-order valence-electron chi connectivity index (χ4n) is 4.14. The summed E-state index contributed by atoms with van der Waals surface area (Å²) < 4.78 is 0. The summed E-state index contributed by atoms with van der Waals surface area (Å²) >= 11 is 0. The summed E-state index contributed by atoms with van der Waals surface area (Å²) in [6.07, 6.45) is 2.37. The minimum Gasteiger partial charge on any atom is -0.508 e. The summed E-state index contributed by atoms with van der Waals surface area (Å²) in [5.41, 5.74) is 2.00. The van der Waals surface area contributed by atoms with Crippen LogP contribution in [0.1, 0.15) is 28.8 Å². The lowest BCUT2D eigenvalue weighted by molar-refractivity contribution is 0.0736. The third kappa shape index (κ3) is 3.54. The fraction of sp³-hybridized carbons (Fsp3) is 0.381.